The molecule has 0 spiro atoms. The zero-order valence-electron chi connectivity index (χ0n) is 18.0. The molecule has 2 aliphatic rings. The highest BCUT2D eigenvalue weighted by Crippen LogP contribution is 2.29. The average Bonchev–Trinajstić information content (AvgIpc) is 3.53. The molecule has 29 heavy (non-hydrogen) atoms. The quantitative estimate of drug-likeness (QED) is 0.744. The van der Waals surface area contributed by atoms with Gasteiger partial charge in [-0.1, -0.05) is 25.7 Å². The zero-order chi connectivity index (χ0) is 21.0. The first-order valence-electron chi connectivity index (χ1n) is 10.7. The molecule has 1 aromatic heterocycles. The van der Waals surface area contributed by atoms with Crippen LogP contribution in [0.5, 0.6) is 5.88 Å². The van der Waals surface area contributed by atoms with Crippen LogP contribution in [-0.4, -0.2) is 71.2 Å². The van der Waals surface area contributed by atoms with Crippen LogP contribution in [0.2, 0.25) is 0 Å². The minimum atomic E-state index is -0.272. The summed E-state index contributed by atoms with van der Waals surface area (Å²) in [5.74, 6) is 7.16. The van der Waals surface area contributed by atoms with Crippen LogP contribution >= 0.6 is 0 Å². The largest absolute Gasteiger partial charge is 0.472 e. The van der Waals surface area contributed by atoms with Crippen LogP contribution in [0.25, 0.3) is 0 Å². The van der Waals surface area contributed by atoms with Gasteiger partial charge in [0.25, 0.3) is 5.91 Å². The molecule has 1 fully saturated rings. The Kier molecular flexibility index (Phi) is 7.15. The number of carbonyl (C=O) groups is 1. The standard InChI is InChI=1S/C23H33N3O3/c1-5-10-25(4)14-21-16(2)13-26(17(3)15-27)23(28)20-11-19(9-8-18-6-7-18)12-24-22(20)29-21/h11-12,16-18,21,27H,5-7,10,13-15H2,1-4H3/t16-,17+,21+/m0/s1. The van der Waals surface area contributed by atoms with E-state index in [1.54, 1.807) is 17.2 Å². The lowest BCUT2D eigenvalue weighted by Crippen LogP contribution is -2.50. The molecule has 0 aromatic carbocycles. The Balaban J connectivity index is 1.94. The van der Waals surface area contributed by atoms with Crippen molar-refractivity contribution in [1.29, 1.82) is 0 Å². The van der Waals surface area contributed by atoms with Crippen molar-refractivity contribution in [1.82, 2.24) is 14.8 Å². The molecule has 1 aliphatic carbocycles. The number of hydrogen-bond acceptors (Lipinski definition) is 5. The topological polar surface area (TPSA) is 65.9 Å². The summed E-state index contributed by atoms with van der Waals surface area (Å²) in [6.45, 7) is 8.31. The van der Waals surface area contributed by atoms with Crippen LogP contribution in [0.4, 0.5) is 0 Å². The van der Waals surface area contributed by atoms with Crippen molar-refractivity contribution in [2.45, 2.75) is 52.2 Å². The molecule has 1 saturated carbocycles. The fraction of sp³-hybridized carbons (Fsp3) is 0.652. The van der Waals surface area contributed by atoms with Crippen LogP contribution in [0.15, 0.2) is 12.3 Å². The first kappa shape index (κ1) is 21.6. The number of pyridine rings is 1. The third-order valence-electron chi connectivity index (χ3n) is 5.62. The molecule has 0 unspecified atom stereocenters. The van der Waals surface area contributed by atoms with Crippen molar-refractivity contribution < 1.29 is 14.6 Å². The molecule has 3 atom stereocenters. The smallest absolute Gasteiger partial charge is 0.259 e. The van der Waals surface area contributed by atoms with E-state index in [4.69, 9.17) is 4.74 Å². The molecular formula is C23H33N3O3. The molecule has 6 nitrogen and oxygen atoms in total. The molecule has 1 aromatic rings. The number of amides is 1. The molecule has 0 bridgehead atoms. The fourth-order valence-electron chi connectivity index (χ4n) is 3.58. The number of fused-ring (bicyclic) bond motifs is 1. The number of ether oxygens (including phenoxy) is 1. The average molecular weight is 400 g/mol. The highest BCUT2D eigenvalue weighted by molar-refractivity contribution is 5.97. The maximum Gasteiger partial charge on any atom is 0.259 e. The summed E-state index contributed by atoms with van der Waals surface area (Å²) in [5.41, 5.74) is 1.17. The Bertz CT molecular complexity index is 781. The Labute approximate surface area is 174 Å². The van der Waals surface area contributed by atoms with E-state index in [0.717, 1.165) is 37.9 Å². The van der Waals surface area contributed by atoms with Crippen molar-refractivity contribution in [3.05, 3.63) is 23.4 Å². The van der Waals surface area contributed by atoms with E-state index < -0.39 is 0 Å². The Morgan fingerprint density at radius 1 is 1.45 bits per heavy atom. The monoisotopic (exact) mass is 399 g/mol. The van der Waals surface area contributed by atoms with Gasteiger partial charge in [-0.3, -0.25) is 4.79 Å². The van der Waals surface area contributed by atoms with Gasteiger partial charge in [0.2, 0.25) is 5.88 Å². The molecule has 0 saturated heterocycles. The van der Waals surface area contributed by atoms with Gasteiger partial charge in [-0.15, -0.1) is 0 Å². The van der Waals surface area contributed by atoms with Crippen LogP contribution in [0.3, 0.4) is 0 Å². The second-order valence-electron chi connectivity index (χ2n) is 8.51. The predicted octanol–water partition coefficient (Wildman–Crippen LogP) is 2.41. The van der Waals surface area contributed by atoms with Crippen molar-refractivity contribution in [2.75, 3.05) is 33.3 Å². The van der Waals surface area contributed by atoms with Crippen molar-refractivity contribution >= 4 is 5.91 Å². The Morgan fingerprint density at radius 3 is 2.86 bits per heavy atom. The molecule has 1 amide bonds. The van der Waals surface area contributed by atoms with Gasteiger partial charge in [0.15, 0.2) is 0 Å². The number of likely N-dealkylation sites (N-methyl/N-ethyl adjacent to an activating group) is 1. The number of nitrogens with zero attached hydrogens (tertiary/aromatic N) is 3. The van der Waals surface area contributed by atoms with Crippen LogP contribution in [0.1, 0.15) is 56.0 Å². The number of aliphatic hydroxyl groups excluding tert-OH is 1. The van der Waals surface area contributed by atoms with Gasteiger partial charge in [0, 0.05) is 36.7 Å². The number of hydrogen-bond donors (Lipinski definition) is 1. The van der Waals surface area contributed by atoms with Crippen LogP contribution in [0, 0.1) is 23.7 Å². The summed E-state index contributed by atoms with van der Waals surface area (Å²) >= 11 is 0. The van der Waals surface area contributed by atoms with Crippen LogP contribution in [-0.2, 0) is 0 Å². The van der Waals surface area contributed by atoms with Gasteiger partial charge >= 0.3 is 0 Å². The van der Waals surface area contributed by atoms with Gasteiger partial charge in [-0.25, -0.2) is 4.98 Å². The minimum absolute atomic E-state index is 0.0797. The lowest BCUT2D eigenvalue weighted by Gasteiger charge is -2.37. The van der Waals surface area contributed by atoms with E-state index in [2.05, 4.69) is 42.6 Å². The van der Waals surface area contributed by atoms with Crippen molar-refractivity contribution in [3.63, 3.8) is 0 Å². The van der Waals surface area contributed by atoms with Gasteiger partial charge in [0.05, 0.1) is 12.6 Å². The zero-order valence-corrected chi connectivity index (χ0v) is 18.0. The van der Waals surface area contributed by atoms with E-state index >= 15 is 0 Å². The summed E-state index contributed by atoms with van der Waals surface area (Å²) in [5, 5.41) is 9.72. The second-order valence-corrected chi connectivity index (χ2v) is 8.51. The normalized spacial score (nSPS) is 22.8. The fourth-order valence-corrected chi connectivity index (χ4v) is 3.58. The van der Waals surface area contributed by atoms with E-state index in [1.807, 2.05) is 6.92 Å². The lowest BCUT2D eigenvalue weighted by atomic mass is 10.00. The van der Waals surface area contributed by atoms with E-state index in [9.17, 15) is 9.90 Å². The first-order chi connectivity index (χ1) is 13.9. The Morgan fingerprint density at radius 2 is 2.21 bits per heavy atom. The summed E-state index contributed by atoms with van der Waals surface area (Å²) in [6.07, 6.45) is 4.98. The number of aliphatic hydroxyl groups is 1. The summed E-state index contributed by atoms with van der Waals surface area (Å²) in [4.78, 5) is 21.8. The number of aromatic nitrogens is 1. The first-order valence-corrected chi connectivity index (χ1v) is 10.7. The highest BCUT2D eigenvalue weighted by Gasteiger charge is 2.34. The Hall–Kier alpha value is -2.10. The molecule has 6 heteroatoms. The number of rotatable bonds is 6. The van der Waals surface area contributed by atoms with E-state index in [1.165, 1.54) is 0 Å². The molecule has 2 heterocycles. The van der Waals surface area contributed by atoms with E-state index in [0.29, 0.717) is 23.9 Å². The molecular weight excluding hydrogens is 366 g/mol. The lowest BCUT2D eigenvalue weighted by molar-refractivity contribution is 0.0331. The highest BCUT2D eigenvalue weighted by atomic mass is 16.5. The molecule has 0 radical (unpaired) electrons. The van der Waals surface area contributed by atoms with Crippen molar-refractivity contribution in [2.24, 2.45) is 11.8 Å². The molecule has 1 N–H and O–H groups in total. The van der Waals surface area contributed by atoms with Gasteiger partial charge in [0.1, 0.15) is 11.7 Å². The maximum atomic E-state index is 13.3. The third-order valence-corrected chi connectivity index (χ3v) is 5.62. The van der Waals surface area contributed by atoms with Gasteiger partial charge in [-0.05, 0) is 45.8 Å². The SMILES string of the molecule is CCCN(C)C[C@H]1Oc2ncc(C#CC3CC3)cc2C(=O)N([C@H](C)CO)C[C@@H]1C. The summed E-state index contributed by atoms with van der Waals surface area (Å²) in [7, 11) is 2.09. The predicted molar refractivity (Wildman–Crippen MR) is 113 cm³/mol. The minimum Gasteiger partial charge on any atom is -0.472 e. The second kappa shape index (κ2) is 9.60. The van der Waals surface area contributed by atoms with Crippen molar-refractivity contribution in [3.8, 4) is 17.7 Å². The molecule has 1 aliphatic heterocycles. The van der Waals surface area contributed by atoms with Gasteiger partial charge < -0.3 is 19.6 Å². The molecule has 158 valence electrons. The van der Waals surface area contributed by atoms with Crippen LogP contribution < -0.4 is 4.74 Å². The third kappa shape index (κ3) is 5.49. The number of carbonyl (C=O) groups excluding carboxylic acids is 1. The summed E-state index contributed by atoms with van der Waals surface area (Å²) in [6, 6.07) is 1.52. The maximum absolute atomic E-state index is 13.3. The van der Waals surface area contributed by atoms with Gasteiger partial charge in [-0.2, -0.15) is 0 Å². The van der Waals surface area contributed by atoms with E-state index in [-0.39, 0.29) is 30.6 Å². The molecule has 3 rings (SSSR count). The summed E-state index contributed by atoms with van der Waals surface area (Å²) < 4.78 is 6.28.